The molecule has 0 spiro atoms. The fourth-order valence-electron chi connectivity index (χ4n) is 6.93. The summed E-state index contributed by atoms with van der Waals surface area (Å²) in [4.78, 5) is 36.8. The van der Waals surface area contributed by atoms with E-state index in [1.807, 2.05) is 72.4 Å². The normalized spacial score (nSPS) is 15.9. The zero-order valence-corrected chi connectivity index (χ0v) is 29.5. The lowest BCUT2D eigenvalue weighted by Gasteiger charge is -2.32. The fourth-order valence-corrected chi connectivity index (χ4v) is 6.93. The Morgan fingerprint density at radius 3 is 2.20 bits per heavy atom. The van der Waals surface area contributed by atoms with Gasteiger partial charge in [-0.25, -0.2) is 4.98 Å². The molecule has 4 heterocycles. The molecule has 2 aromatic heterocycles. The Morgan fingerprint density at radius 1 is 0.843 bits per heavy atom. The largest absolute Gasteiger partial charge is 0.383 e. The molecule has 2 aliphatic heterocycles. The lowest BCUT2D eigenvalue weighted by molar-refractivity contribution is 0.0612. The molecular weight excluding hydrogens is 637 g/mol. The van der Waals surface area contributed by atoms with Crippen LogP contribution in [-0.2, 0) is 17.8 Å². The summed E-state index contributed by atoms with van der Waals surface area (Å²) < 4.78 is 7.54. The number of likely N-dealkylation sites (N-methyl/N-ethyl adjacent to an activating group) is 1. The molecule has 9 heteroatoms. The van der Waals surface area contributed by atoms with Gasteiger partial charge in [-0.1, -0.05) is 66.2 Å². The zero-order chi connectivity index (χ0) is 35.3. The van der Waals surface area contributed by atoms with Crippen LogP contribution in [0.25, 0.3) is 33.4 Å². The van der Waals surface area contributed by atoms with Crippen LogP contribution >= 0.6 is 0 Å². The standard InChI is InChI=1S/C42H46N6O3/c1-29-3-7-34(8-4-29)38-27-48(26-31-15-21-51-22-16-31)28-39(40(38)49)42(50)45-36-13-11-33(12-14-36)37-23-35(24-44-41(37)43)32-9-5-30(6-10-32)25-47-19-17-46(2)18-20-47/h3-14,23-24,27-28,31H,15-22,25-26H2,1-2H3,(H2,43,44)(H,45,50). The van der Waals surface area contributed by atoms with E-state index in [1.165, 1.54) is 5.56 Å². The predicted octanol–water partition coefficient (Wildman–Crippen LogP) is 6.56. The number of pyridine rings is 2. The van der Waals surface area contributed by atoms with Crippen LogP contribution in [0.3, 0.4) is 0 Å². The number of aryl methyl sites for hydroxylation is 1. The van der Waals surface area contributed by atoms with Gasteiger partial charge in [-0.2, -0.15) is 0 Å². The number of nitrogens with two attached hydrogens (primary N) is 1. The summed E-state index contributed by atoms with van der Waals surface area (Å²) in [6.45, 7) is 9.52. The molecule has 3 aromatic carbocycles. The molecular formula is C42H46N6O3. The SMILES string of the molecule is Cc1ccc(-c2cn(CC3CCOCC3)cc(C(=O)Nc3ccc(-c4cc(-c5ccc(CN6CCN(C)CC6)cc5)cnc4N)cc3)c2=O)cc1. The van der Waals surface area contributed by atoms with Crippen molar-refractivity contribution in [2.75, 3.05) is 57.5 Å². The van der Waals surface area contributed by atoms with E-state index in [0.717, 1.165) is 92.2 Å². The predicted molar refractivity (Wildman–Crippen MR) is 205 cm³/mol. The van der Waals surface area contributed by atoms with Crippen LogP contribution in [0.1, 0.15) is 34.3 Å². The smallest absolute Gasteiger partial charge is 0.261 e. The van der Waals surface area contributed by atoms with Gasteiger partial charge in [-0.3, -0.25) is 14.5 Å². The lowest BCUT2D eigenvalue weighted by atomic mass is 9.99. The van der Waals surface area contributed by atoms with Crippen molar-refractivity contribution < 1.29 is 9.53 Å². The van der Waals surface area contributed by atoms with Crippen LogP contribution in [0.2, 0.25) is 0 Å². The molecule has 5 aromatic rings. The molecule has 2 fully saturated rings. The lowest BCUT2D eigenvalue weighted by Crippen LogP contribution is -2.43. The average molecular weight is 683 g/mol. The van der Waals surface area contributed by atoms with Crippen LogP contribution in [0.5, 0.6) is 0 Å². The van der Waals surface area contributed by atoms with Crippen LogP contribution in [0.4, 0.5) is 11.5 Å². The van der Waals surface area contributed by atoms with Crippen LogP contribution in [0.15, 0.2) is 102 Å². The molecule has 0 unspecified atom stereocenters. The van der Waals surface area contributed by atoms with E-state index in [0.29, 0.717) is 29.5 Å². The second-order valence-electron chi connectivity index (χ2n) is 14.0. The minimum Gasteiger partial charge on any atom is -0.383 e. The number of nitrogens with zero attached hydrogens (tertiary/aromatic N) is 4. The van der Waals surface area contributed by atoms with Crippen molar-refractivity contribution in [1.82, 2.24) is 19.4 Å². The summed E-state index contributed by atoms with van der Waals surface area (Å²) in [6, 6.07) is 26.1. The van der Waals surface area contributed by atoms with E-state index in [4.69, 9.17) is 10.5 Å². The number of nitrogens with one attached hydrogen (secondary N) is 1. The Balaban J connectivity index is 1.08. The number of ether oxygens (including phenoxy) is 1. The van der Waals surface area contributed by atoms with Crippen molar-refractivity contribution >= 4 is 17.4 Å². The van der Waals surface area contributed by atoms with Gasteiger partial charge in [-0.05, 0) is 73.2 Å². The number of benzene rings is 3. The molecule has 0 aliphatic carbocycles. The van der Waals surface area contributed by atoms with Gasteiger partial charge in [0.05, 0.1) is 0 Å². The van der Waals surface area contributed by atoms with Gasteiger partial charge in [0, 0.05) is 93.5 Å². The van der Waals surface area contributed by atoms with E-state index < -0.39 is 5.91 Å². The van der Waals surface area contributed by atoms with Crippen molar-refractivity contribution in [3.8, 4) is 33.4 Å². The Labute approximate surface area is 299 Å². The minimum atomic E-state index is -0.443. The van der Waals surface area contributed by atoms with E-state index in [2.05, 4.69) is 57.5 Å². The number of piperazine rings is 1. The first-order valence-electron chi connectivity index (χ1n) is 17.9. The number of hydrogen-bond donors (Lipinski definition) is 2. The highest BCUT2D eigenvalue weighted by Crippen LogP contribution is 2.31. The Hall–Kier alpha value is -5.09. The van der Waals surface area contributed by atoms with Crippen LogP contribution in [-0.4, -0.2) is 71.7 Å². The average Bonchev–Trinajstić information content (AvgIpc) is 3.15. The second-order valence-corrected chi connectivity index (χ2v) is 14.0. The van der Waals surface area contributed by atoms with Gasteiger partial charge in [0.15, 0.2) is 0 Å². The first kappa shape index (κ1) is 34.4. The quantitative estimate of drug-likeness (QED) is 0.181. The molecule has 2 saturated heterocycles. The van der Waals surface area contributed by atoms with Crippen LogP contribution in [0, 0.1) is 12.8 Å². The molecule has 0 atom stereocenters. The van der Waals surface area contributed by atoms with Gasteiger partial charge >= 0.3 is 0 Å². The fraction of sp³-hybridized carbons (Fsp3) is 0.310. The summed E-state index contributed by atoms with van der Waals surface area (Å²) in [6.07, 6.45) is 7.28. The van der Waals surface area contributed by atoms with Crippen molar-refractivity contribution in [3.05, 3.63) is 124 Å². The van der Waals surface area contributed by atoms with Gasteiger partial charge in [0.2, 0.25) is 5.43 Å². The molecule has 0 saturated carbocycles. The minimum absolute atomic E-state index is 0.111. The van der Waals surface area contributed by atoms with Crippen molar-refractivity contribution in [3.63, 3.8) is 0 Å². The maximum absolute atomic E-state index is 13.8. The molecule has 2 aliphatic rings. The number of rotatable bonds is 9. The van der Waals surface area contributed by atoms with Crippen molar-refractivity contribution in [2.45, 2.75) is 32.9 Å². The molecule has 7 rings (SSSR count). The molecule has 9 nitrogen and oxygen atoms in total. The van der Waals surface area contributed by atoms with Crippen molar-refractivity contribution in [2.24, 2.45) is 5.92 Å². The second kappa shape index (κ2) is 15.4. The number of hydrogen-bond acceptors (Lipinski definition) is 7. The number of aromatic nitrogens is 2. The van der Waals surface area contributed by atoms with E-state index in [1.54, 1.807) is 6.20 Å². The Kier molecular flexibility index (Phi) is 10.4. The number of carbonyl (C=O) groups excluding carboxylic acids is 1. The van der Waals surface area contributed by atoms with Gasteiger partial charge in [0.1, 0.15) is 11.4 Å². The maximum atomic E-state index is 13.8. The summed E-state index contributed by atoms with van der Waals surface area (Å²) in [5.74, 6) is 0.407. The summed E-state index contributed by atoms with van der Waals surface area (Å²) >= 11 is 0. The molecule has 3 N–H and O–H groups in total. The summed E-state index contributed by atoms with van der Waals surface area (Å²) in [5, 5.41) is 2.96. The molecule has 0 bridgehead atoms. The number of carbonyl (C=O) groups is 1. The number of anilines is 2. The summed E-state index contributed by atoms with van der Waals surface area (Å²) in [7, 11) is 2.18. The van der Waals surface area contributed by atoms with E-state index >= 15 is 0 Å². The molecule has 0 radical (unpaired) electrons. The highest BCUT2D eigenvalue weighted by atomic mass is 16.5. The highest BCUT2D eigenvalue weighted by Gasteiger charge is 2.20. The first-order valence-corrected chi connectivity index (χ1v) is 17.9. The van der Waals surface area contributed by atoms with Crippen LogP contribution < -0.4 is 16.5 Å². The third-order valence-corrected chi connectivity index (χ3v) is 10.2. The van der Waals surface area contributed by atoms with Gasteiger partial charge in [0.25, 0.3) is 5.91 Å². The Bertz CT molecular complexity index is 2030. The number of amides is 1. The van der Waals surface area contributed by atoms with Crippen molar-refractivity contribution in [1.29, 1.82) is 0 Å². The maximum Gasteiger partial charge on any atom is 0.261 e. The third kappa shape index (κ3) is 8.28. The number of nitrogen functional groups attached to an aromatic ring is 1. The topological polar surface area (TPSA) is 106 Å². The monoisotopic (exact) mass is 682 g/mol. The molecule has 51 heavy (non-hydrogen) atoms. The first-order chi connectivity index (χ1) is 24.8. The molecule has 1 amide bonds. The van der Waals surface area contributed by atoms with Gasteiger partial charge in [-0.15, -0.1) is 0 Å². The van der Waals surface area contributed by atoms with E-state index in [-0.39, 0.29) is 11.0 Å². The Morgan fingerprint density at radius 2 is 1.49 bits per heavy atom. The highest BCUT2D eigenvalue weighted by molar-refractivity contribution is 6.04. The summed E-state index contributed by atoms with van der Waals surface area (Å²) in [5.41, 5.74) is 14.2. The zero-order valence-electron chi connectivity index (χ0n) is 29.5. The third-order valence-electron chi connectivity index (χ3n) is 10.2. The van der Waals surface area contributed by atoms with E-state index in [9.17, 15) is 9.59 Å². The van der Waals surface area contributed by atoms with Gasteiger partial charge < -0.3 is 25.3 Å². The molecule has 262 valence electrons.